The molecule has 0 bridgehead atoms. The quantitative estimate of drug-likeness (QED) is 0.424. The van der Waals surface area contributed by atoms with Crippen molar-refractivity contribution in [2.45, 2.75) is 32.7 Å². The SMILES string of the molecule is CCOC(=O)N1[C@@H](C(=O)c2ccccc2)N(Cc2ccccc2)[C@H](c2ccccc2)N1C(=O)OCC. The number of amides is 2. The molecular weight excluding hydrogens is 458 g/mol. The van der Waals surface area contributed by atoms with Crippen molar-refractivity contribution < 1.29 is 23.9 Å². The van der Waals surface area contributed by atoms with Crippen molar-refractivity contribution in [2.75, 3.05) is 13.2 Å². The molecule has 0 radical (unpaired) electrons. The van der Waals surface area contributed by atoms with E-state index in [0.717, 1.165) is 16.1 Å². The van der Waals surface area contributed by atoms with E-state index in [1.165, 1.54) is 5.01 Å². The molecule has 0 aliphatic carbocycles. The highest BCUT2D eigenvalue weighted by Gasteiger charge is 2.55. The third-order valence-electron chi connectivity index (χ3n) is 5.83. The molecule has 2 atom stereocenters. The Kier molecular flexibility index (Phi) is 7.97. The van der Waals surface area contributed by atoms with E-state index in [9.17, 15) is 14.4 Å². The fraction of sp³-hybridized carbons (Fsp3) is 0.250. The fourth-order valence-corrected chi connectivity index (χ4v) is 4.34. The summed E-state index contributed by atoms with van der Waals surface area (Å²) in [6, 6.07) is 27.6. The number of ether oxygens (including phenoxy) is 2. The Morgan fingerprint density at radius 3 is 1.75 bits per heavy atom. The Balaban J connectivity index is 1.92. The van der Waals surface area contributed by atoms with Gasteiger partial charge in [0.05, 0.1) is 13.2 Å². The van der Waals surface area contributed by atoms with Crippen LogP contribution >= 0.6 is 0 Å². The smallest absolute Gasteiger partial charge is 0.431 e. The Hall–Kier alpha value is -4.17. The van der Waals surface area contributed by atoms with Crippen LogP contribution in [0.3, 0.4) is 0 Å². The monoisotopic (exact) mass is 487 g/mol. The van der Waals surface area contributed by atoms with Crippen molar-refractivity contribution in [3.8, 4) is 0 Å². The van der Waals surface area contributed by atoms with E-state index in [2.05, 4.69) is 0 Å². The molecule has 186 valence electrons. The van der Waals surface area contributed by atoms with Crippen LogP contribution in [0, 0.1) is 0 Å². The summed E-state index contributed by atoms with van der Waals surface area (Å²) in [5.74, 6) is -0.340. The zero-order chi connectivity index (χ0) is 25.5. The van der Waals surface area contributed by atoms with Gasteiger partial charge in [0.15, 0.2) is 6.17 Å². The predicted molar refractivity (Wildman–Crippen MR) is 133 cm³/mol. The van der Waals surface area contributed by atoms with Crippen molar-refractivity contribution in [1.29, 1.82) is 0 Å². The van der Waals surface area contributed by atoms with E-state index in [-0.39, 0.29) is 25.5 Å². The molecule has 0 saturated carbocycles. The number of benzene rings is 3. The first-order valence-electron chi connectivity index (χ1n) is 11.9. The summed E-state index contributed by atoms with van der Waals surface area (Å²) in [5.41, 5.74) is 2.05. The van der Waals surface area contributed by atoms with Gasteiger partial charge in [-0.05, 0) is 25.0 Å². The predicted octanol–water partition coefficient (Wildman–Crippen LogP) is 5.24. The summed E-state index contributed by atoms with van der Waals surface area (Å²) in [4.78, 5) is 42.6. The first-order chi connectivity index (χ1) is 17.6. The lowest BCUT2D eigenvalue weighted by atomic mass is 10.1. The molecule has 3 aromatic rings. The highest BCUT2D eigenvalue weighted by molar-refractivity contribution is 6.01. The molecule has 0 spiro atoms. The molecule has 1 aliphatic rings. The van der Waals surface area contributed by atoms with Crippen molar-refractivity contribution in [3.63, 3.8) is 0 Å². The Labute approximate surface area is 210 Å². The number of hydrazine groups is 1. The molecule has 1 heterocycles. The normalized spacial score (nSPS) is 17.6. The maximum Gasteiger partial charge on any atom is 0.431 e. The Morgan fingerprint density at radius 2 is 1.19 bits per heavy atom. The van der Waals surface area contributed by atoms with Gasteiger partial charge in [-0.25, -0.2) is 14.5 Å². The number of hydrogen-bond donors (Lipinski definition) is 0. The van der Waals surface area contributed by atoms with Crippen LogP contribution in [0.15, 0.2) is 91.0 Å². The second-order valence-electron chi connectivity index (χ2n) is 8.13. The van der Waals surface area contributed by atoms with Crippen LogP contribution in [0.25, 0.3) is 0 Å². The summed E-state index contributed by atoms with van der Waals surface area (Å²) in [7, 11) is 0. The molecule has 8 nitrogen and oxygen atoms in total. The molecule has 36 heavy (non-hydrogen) atoms. The molecule has 3 aromatic carbocycles. The number of carbonyl (C=O) groups is 3. The Bertz CT molecular complexity index is 1170. The van der Waals surface area contributed by atoms with Gasteiger partial charge in [-0.15, -0.1) is 0 Å². The summed E-state index contributed by atoms with van der Waals surface area (Å²) in [5, 5.41) is 2.29. The Morgan fingerprint density at radius 1 is 0.694 bits per heavy atom. The van der Waals surface area contributed by atoms with Crippen LogP contribution in [-0.2, 0) is 16.0 Å². The lowest BCUT2D eigenvalue weighted by Crippen LogP contribution is -2.52. The molecule has 0 aromatic heterocycles. The van der Waals surface area contributed by atoms with Crippen molar-refractivity contribution in [1.82, 2.24) is 14.9 Å². The number of nitrogens with zero attached hydrogens (tertiary/aromatic N) is 3. The van der Waals surface area contributed by atoms with Crippen molar-refractivity contribution >= 4 is 18.0 Å². The second kappa shape index (κ2) is 11.5. The zero-order valence-corrected chi connectivity index (χ0v) is 20.3. The van der Waals surface area contributed by atoms with E-state index < -0.39 is 24.5 Å². The van der Waals surface area contributed by atoms with Gasteiger partial charge in [0.2, 0.25) is 5.78 Å². The van der Waals surface area contributed by atoms with E-state index in [1.54, 1.807) is 38.1 Å². The minimum Gasteiger partial charge on any atom is -0.448 e. The standard InChI is InChI=1S/C28H29N3O5/c1-3-35-27(33)30-25(23-18-12-7-13-19-23)29(20-21-14-8-5-9-15-21)26(31(30)28(34)36-4-2)24(32)22-16-10-6-11-17-22/h5-19,25-26H,3-4,20H2,1-2H3/t25-,26-/m0/s1. The van der Waals surface area contributed by atoms with Crippen LogP contribution in [0.2, 0.25) is 0 Å². The number of rotatable bonds is 7. The van der Waals surface area contributed by atoms with Crippen LogP contribution in [-0.4, -0.2) is 52.3 Å². The van der Waals surface area contributed by atoms with Crippen LogP contribution in [0.5, 0.6) is 0 Å². The van der Waals surface area contributed by atoms with Gasteiger partial charge < -0.3 is 9.47 Å². The van der Waals surface area contributed by atoms with E-state index >= 15 is 0 Å². The number of Topliss-reactive ketones (excluding diaryl/α,β-unsaturated/α-hetero) is 1. The second-order valence-corrected chi connectivity index (χ2v) is 8.13. The first kappa shape index (κ1) is 24.9. The van der Waals surface area contributed by atoms with Gasteiger partial charge in [0.1, 0.15) is 6.17 Å². The molecule has 1 aliphatic heterocycles. The zero-order valence-electron chi connectivity index (χ0n) is 20.3. The molecular formula is C28H29N3O5. The highest BCUT2D eigenvalue weighted by Crippen LogP contribution is 2.40. The van der Waals surface area contributed by atoms with Crippen LogP contribution in [0.1, 0.15) is 41.5 Å². The molecule has 8 heteroatoms. The first-order valence-corrected chi connectivity index (χ1v) is 11.9. The summed E-state index contributed by atoms with van der Waals surface area (Å²) < 4.78 is 10.7. The van der Waals surface area contributed by atoms with Gasteiger partial charge in [-0.1, -0.05) is 91.0 Å². The number of hydrogen-bond acceptors (Lipinski definition) is 6. The minimum absolute atomic E-state index is 0.0763. The largest absolute Gasteiger partial charge is 0.448 e. The van der Waals surface area contributed by atoms with Gasteiger partial charge in [0.25, 0.3) is 0 Å². The van der Waals surface area contributed by atoms with Gasteiger partial charge >= 0.3 is 12.2 Å². The minimum atomic E-state index is -1.15. The maximum absolute atomic E-state index is 14.0. The summed E-state index contributed by atoms with van der Waals surface area (Å²) in [6.45, 7) is 3.83. The average molecular weight is 488 g/mol. The molecule has 1 fully saturated rings. The summed E-state index contributed by atoms with van der Waals surface area (Å²) in [6.07, 6.45) is -3.51. The lowest BCUT2D eigenvalue weighted by Gasteiger charge is -2.30. The number of ketones is 1. The lowest BCUT2D eigenvalue weighted by molar-refractivity contribution is -0.0186. The molecule has 1 saturated heterocycles. The average Bonchev–Trinajstić information content (AvgIpc) is 3.25. The molecule has 2 amide bonds. The maximum atomic E-state index is 14.0. The fourth-order valence-electron chi connectivity index (χ4n) is 4.34. The van der Waals surface area contributed by atoms with E-state index in [0.29, 0.717) is 5.56 Å². The third kappa shape index (κ3) is 5.08. The van der Waals surface area contributed by atoms with Crippen LogP contribution < -0.4 is 0 Å². The molecule has 0 unspecified atom stereocenters. The third-order valence-corrected chi connectivity index (χ3v) is 5.83. The summed E-state index contributed by atoms with van der Waals surface area (Å²) >= 11 is 0. The molecule has 4 rings (SSSR count). The number of carbonyl (C=O) groups excluding carboxylic acids is 3. The molecule has 0 N–H and O–H groups in total. The van der Waals surface area contributed by atoms with Crippen molar-refractivity contribution in [3.05, 3.63) is 108 Å². The van der Waals surface area contributed by atoms with Crippen LogP contribution in [0.4, 0.5) is 9.59 Å². The van der Waals surface area contributed by atoms with Gasteiger partial charge in [-0.2, -0.15) is 10.0 Å². The van der Waals surface area contributed by atoms with Crippen molar-refractivity contribution in [2.24, 2.45) is 0 Å². The van der Waals surface area contributed by atoms with Gasteiger partial charge in [0, 0.05) is 12.1 Å². The van der Waals surface area contributed by atoms with Gasteiger partial charge in [-0.3, -0.25) is 4.79 Å². The van der Waals surface area contributed by atoms with E-state index in [4.69, 9.17) is 9.47 Å². The highest BCUT2D eigenvalue weighted by atomic mass is 16.6. The topological polar surface area (TPSA) is 79.4 Å². The van der Waals surface area contributed by atoms with E-state index in [1.807, 2.05) is 71.6 Å².